The fraction of sp³-hybridized carbons (Fsp3) is 0.333. The molecule has 0 fully saturated rings. The first-order valence-electron chi connectivity index (χ1n) is 8.72. The smallest absolute Gasteiger partial charge is 0.279 e. The van der Waals surface area contributed by atoms with E-state index < -0.39 is 12.0 Å². The summed E-state index contributed by atoms with van der Waals surface area (Å²) in [4.78, 5) is 24.3. The molecule has 0 radical (unpaired) electrons. The van der Waals surface area contributed by atoms with Crippen LogP contribution in [0.5, 0.6) is 5.75 Å². The van der Waals surface area contributed by atoms with Crippen LogP contribution in [0.1, 0.15) is 53.7 Å². The summed E-state index contributed by atoms with van der Waals surface area (Å²) in [6, 6.07) is 13.0. The second-order valence-corrected chi connectivity index (χ2v) is 6.68. The van der Waals surface area contributed by atoms with Gasteiger partial charge in [0.05, 0.1) is 0 Å². The Labute approximate surface area is 154 Å². The normalized spacial score (nSPS) is 11.8. The Morgan fingerprint density at radius 1 is 0.923 bits per heavy atom. The molecule has 0 aliphatic heterocycles. The Bertz CT molecular complexity index is 782. The van der Waals surface area contributed by atoms with E-state index in [4.69, 9.17) is 4.74 Å². The van der Waals surface area contributed by atoms with E-state index in [1.54, 1.807) is 19.1 Å². The number of hydrogen-bond acceptors (Lipinski definition) is 3. The highest BCUT2D eigenvalue weighted by molar-refractivity contribution is 5.95. The number of hydrogen-bond donors (Lipinski definition) is 2. The van der Waals surface area contributed by atoms with Gasteiger partial charge in [-0.3, -0.25) is 20.4 Å². The maximum Gasteiger partial charge on any atom is 0.279 e. The van der Waals surface area contributed by atoms with E-state index in [2.05, 4.69) is 24.7 Å². The predicted octanol–water partition coefficient (Wildman–Crippen LogP) is 3.66. The van der Waals surface area contributed by atoms with Gasteiger partial charge >= 0.3 is 0 Å². The monoisotopic (exact) mass is 354 g/mol. The summed E-state index contributed by atoms with van der Waals surface area (Å²) in [6.07, 6.45) is -0.737. The maximum atomic E-state index is 12.2. The third kappa shape index (κ3) is 4.85. The molecule has 0 saturated heterocycles. The number of nitrogens with one attached hydrogen (secondary N) is 2. The van der Waals surface area contributed by atoms with Gasteiger partial charge in [0.15, 0.2) is 6.10 Å². The molecule has 2 N–H and O–H groups in total. The van der Waals surface area contributed by atoms with Crippen molar-refractivity contribution in [3.63, 3.8) is 0 Å². The van der Waals surface area contributed by atoms with Gasteiger partial charge in [-0.15, -0.1) is 0 Å². The zero-order chi connectivity index (χ0) is 19.3. The van der Waals surface area contributed by atoms with Crippen LogP contribution in [0.4, 0.5) is 0 Å². The summed E-state index contributed by atoms with van der Waals surface area (Å²) in [5.74, 6) is 0.267. The third-order valence-electron chi connectivity index (χ3n) is 4.37. The first-order valence-corrected chi connectivity index (χ1v) is 8.72. The third-order valence-corrected chi connectivity index (χ3v) is 4.37. The zero-order valence-corrected chi connectivity index (χ0v) is 15.9. The Morgan fingerprint density at radius 2 is 1.58 bits per heavy atom. The Morgan fingerprint density at radius 3 is 2.19 bits per heavy atom. The summed E-state index contributed by atoms with van der Waals surface area (Å²) >= 11 is 0. The topological polar surface area (TPSA) is 67.4 Å². The lowest BCUT2D eigenvalue weighted by atomic mass is 10.0. The molecule has 26 heavy (non-hydrogen) atoms. The lowest BCUT2D eigenvalue weighted by Gasteiger charge is -2.17. The minimum Gasteiger partial charge on any atom is -0.481 e. The molecule has 0 aromatic heterocycles. The molecular formula is C21H26N2O3. The van der Waals surface area contributed by atoms with Crippen LogP contribution in [0.3, 0.4) is 0 Å². The summed E-state index contributed by atoms with van der Waals surface area (Å²) in [5, 5.41) is 0. The predicted molar refractivity (Wildman–Crippen MR) is 102 cm³/mol. The van der Waals surface area contributed by atoms with Crippen LogP contribution in [0.15, 0.2) is 42.5 Å². The highest BCUT2D eigenvalue weighted by Gasteiger charge is 2.17. The highest BCUT2D eigenvalue weighted by atomic mass is 16.5. The van der Waals surface area contributed by atoms with Crippen LogP contribution >= 0.6 is 0 Å². The minimum atomic E-state index is -0.737. The molecule has 0 unspecified atom stereocenters. The number of amides is 2. The van der Waals surface area contributed by atoms with Gasteiger partial charge in [-0.2, -0.15) is 0 Å². The van der Waals surface area contributed by atoms with Gasteiger partial charge in [0.1, 0.15) is 5.75 Å². The molecule has 0 saturated carbocycles. The molecule has 138 valence electrons. The molecule has 0 heterocycles. The lowest BCUT2D eigenvalue weighted by Crippen LogP contribution is -2.47. The number of ether oxygens (including phenoxy) is 1. The van der Waals surface area contributed by atoms with E-state index in [1.807, 2.05) is 44.2 Å². The van der Waals surface area contributed by atoms with Crippen LogP contribution < -0.4 is 15.6 Å². The first kappa shape index (κ1) is 19.5. The van der Waals surface area contributed by atoms with Crippen molar-refractivity contribution in [1.29, 1.82) is 0 Å². The Hall–Kier alpha value is -2.82. The summed E-state index contributed by atoms with van der Waals surface area (Å²) < 4.78 is 5.70. The number of benzene rings is 2. The quantitative estimate of drug-likeness (QED) is 0.805. The molecule has 1 atom stereocenters. The second-order valence-electron chi connectivity index (χ2n) is 6.68. The van der Waals surface area contributed by atoms with E-state index in [9.17, 15) is 9.59 Å². The van der Waals surface area contributed by atoms with E-state index >= 15 is 0 Å². The van der Waals surface area contributed by atoms with Gasteiger partial charge in [-0.05, 0) is 61.6 Å². The van der Waals surface area contributed by atoms with Crippen LogP contribution in [-0.2, 0) is 4.79 Å². The van der Waals surface area contributed by atoms with E-state index in [1.165, 1.54) is 0 Å². The van der Waals surface area contributed by atoms with Crippen molar-refractivity contribution in [2.75, 3.05) is 0 Å². The van der Waals surface area contributed by atoms with E-state index in [0.29, 0.717) is 17.2 Å². The van der Waals surface area contributed by atoms with Gasteiger partial charge in [0.2, 0.25) is 0 Å². The van der Waals surface area contributed by atoms with Gasteiger partial charge < -0.3 is 4.74 Å². The van der Waals surface area contributed by atoms with Crippen molar-refractivity contribution in [2.45, 2.75) is 46.6 Å². The Kier molecular flexibility index (Phi) is 6.39. The summed E-state index contributed by atoms with van der Waals surface area (Å²) in [5.41, 5.74) is 8.55. The number of rotatable bonds is 5. The fourth-order valence-electron chi connectivity index (χ4n) is 2.41. The highest BCUT2D eigenvalue weighted by Crippen LogP contribution is 2.21. The molecule has 5 nitrogen and oxygen atoms in total. The van der Waals surface area contributed by atoms with E-state index in [0.717, 1.165) is 16.7 Å². The van der Waals surface area contributed by atoms with Crippen molar-refractivity contribution in [1.82, 2.24) is 10.9 Å². The maximum absolute atomic E-state index is 12.2. The lowest BCUT2D eigenvalue weighted by molar-refractivity contribution is -0.128. The summed E-state index contributed by atoms with van der Waals surface area (Å²) in [7, 11) is 0. The second kappa shape index (κ2) is 8.52. The van der Waals surface area contributed by atoms with E-state index in [-0.39, 0.29) is 5.91 Å². The van der Waals surface area contributed by atoms with Crippen molar-refractivity contribution < 1.29 is 14.3 Å². The number of hydrazine groups is 1. The van der Waals surface area contributed by atoms with Crippen molar-refractivity contribution in [3.05, 3.63) is 64.7 Å². The Balaban J connectivity index is 1.90. The molecule has 2 aromatic carbocycles. The van der Waals surface area contributed by atoms with Crippen LogP contribution in [-0.4, -0.2) is 17.9 Å². The molecule has 0 aliphatic carbocycles. The standard InChI is InChI=1S/C21H26N2O3/c1-13(2)17-9-11-18(12-10-17)21(25)23-22-20(24)16(5)26-19-8-6-7-14(3)15(19)4/h6-13,16H,1-5H3,(H,22,24)(H,23,25)/t16-/m0/s1. The summed E-state index contributed by atoms with van der Waals surface area (Å²) in [6.45, 7) is 9.75. The average Bonchev–Trinajstić information content (AvgIpc) is 2.63. The first-order chi connectivity index (χ1) is 12.3. The van der Waals surface area contributed by atoms with Gasteiger partial charge in [-0.25, -0.2) is 0 Å². The van der Waals surface area contributed by atoms with Crippen LogP contribution in [0.2, 0.25) is 0 Å². The van der Waals surface area contributed by atoms with Crippen LogP contribution in [0, 0.1) is 13.8 Å². The van der Waals surface area contributed by atoms with Crippen molar-refractivity contribution in [3.8, 4) is 5.75 Å². The molecule has 2 rings (SSSR count). The van der Waals surface area contributed by atoms with Gasteiger partial charge in [0, 0.05) is 5.56 Å². The molecule has 0 bridgehead atoms. The van der Waals surface area contributed by atoms with Crippen LogP contribution in [0.25, 0.3) is 0 Å². The van der Waals surface area contributed by atoms with Crippen molar-refractivity contribution >= 4 is 11.8 Å². The molecule has 0 spiro atoms. The number of carbonyl (C=O) groups is 2. The fourth-order valence-corrected chi connectivity index (χ4v) is 2.41. The molecule has 0 aliphatic rings. The molecule has 2 amide bonds. The average molecular weight is 354 g/mol. The number of carbonyl (C=O) groups excluding carboxylic acids is 2. The minimum absolute atomic E-state index is 0.368. The van der Waals surface area contributed by atoms with Crippen molar-refractivity contribution in [2.24, 2.45) is 0 Å². The number of aryl methyl sites for hydroxylation is 1. The molecule has 2 aromatic rings. The molecule has 5 heteroatoms. The largest absolute Gasteiger partial charge is 0.481 e. The van der Waals surface area contributed by atoms with Gasteiger partial charge in [-0.1, -0.05) is 38.1 Å². The SMILES string of the molecule is Cc1cccc(O[C@@H](C)C(=O)NNC(=O)c2ccc(C(C)C)cc2)c1C. The van der Waals surface area contributed by atoms with Gasteiger partial charge in [0.25, 0.3) is 11.8 Å². The zero-order valence-electron chi connectivity index (χ0n) is 15.9. The molecular weight excluding hydrogens is 328 g/mol.